The molecule has 4 nitrogen and oxygen atoms in total. The van der Waals surface area contributed by atoms with Gasteiger partial charge in [-0.3, -0.25) is 4.79 Å². The van der Waals surface area contributed by atoms with E-state index in [2.05, 4.69) is 21.2 Å². The summed E-state index contributed by atoms with van der Waals surface area (Å²) in [4.78, 5) is 11.6. The molecule has 0 amide bonds. The van der Waals surface area contributed by atoms with E-state index in [1.165, 1.54) is 0 Å². The van der Waals surface area contributed by atoms with Gasteiger partial charge in [0, 0.05) is 32.9 Å². The van der Waals surface area contributed by atoms with Gasteiger partial charge in [0.05, 0.1) is 11.1 Å². The number of aromatic nitrogens is 1. The van der Waals surface area contributed by atoms with Gasteiger partial charge in [0.15, 0.2) is 0 Å². The minimum atomic E-state index is 0.00559. The summed E-state index contributed by atoms with van der Waals surface area (Å²) in [5, 5.41) is 3.18. The Morgan fingerprint density at radius 3 is 3.07 bits per heavy atom. The van der Waals surface area contributed by atoms with Gasteiger partial charge in [0.25, 0.3) is 5.56 Å². The van der Waals surface area contributed by atoms with Crippen molar-refractivity contribution >= 4 is 15.9 Å². The van der Waals surface area contributed by atoms with Gasteiger partial charge in [-0.05, 0) is 28.1 Å². The van der Waals surface area contributed by atoms with Crippen LogP contribution < -0.4 is 10.9 Å². The highest BCUT2D eigenvalue weighted by Gasteiger charge is 1.98. The summed E-state index contributed by atoms with van der Waals surface area (Å²) in [6, 6.07) is 3.60. The quantitative estimate of drug-likeness (QED) is 0.783. The maximum absolute atomic E-state index is 11.6. The molecule has 0 saturated carbocycles. The molecule has 0 aliphatic carbocycles. The Morgan fingerprint density at radius 2 is 2.33 bits per heavy atom. The lowest BCUT2D eigenvalue weighted by atomic mass is 10.4. The van der Waals surface area contributed by atoms with Crippen LogP contribution in [0.2, 0.25) is 0 Å². The van der Waals surface area contributed by atoms with Gasteiger partial charge >= 0.3 is 0 Å². The monoisotopic (exact) mass is 274 g/mol. The summed E-state index contributed by atoms with van der Waals surface area (Å²) in [5.74, 6) is 0. The Morgan fingerprint density at radius 1 is 1.53 bits per heavy atom. The molecule has 0 unspecified atom stereocenters. The lowest BCUT2D eigenvalue weighted by molar-refractivity contribution is 0.199. The highest BCUT2D eigenvalue weighted by atomic mass is 79.9. The van der Waals surface area contributed by atoms with Crippen LogP contribution >= 0.6 is 15.9 Å². The highest BCUT2D eigenvalue weighted by molar-refractivity contribution is 9.10. The van der Waals surface area contributed by atoms with E-state index < -0.39 is 0 Å². The van der Waals surface area contributed by atoms with Gasteiger partial charge in [0.2, 0.25) is 0 Å². The smallest absolute Gasteiger partial charge is 0.264 e. The summed E-state index contributed by atoms with van der Waals surface area (Å²) in [6.07, 6.45) is 1.78. The third kappa shape index (κ3) is 4.15. The van der Waals surface area contributed by atoms with E-state index >= 15 is 0 Å². The lowest BCUT2D eigenvalue weighted by Crippen LogP contribution is -2.28. The molecule has 0 fully saturated rings. The van der Waals surface area contributed by atoms with Gasteiger partial charge in [0.1, 0.15) is 0 Å². The second-order valence-corrected chi connectivity index (χ2v) is 3.95. The molecule has 0 aliphatic rings. The van der Waals surface area contributed by atoms with E-state index in [-0.39, 0.29) is 5.56 Å². The molecule has 0 bridgehead atoms. The number of rotatable bonds is 6. The van der Waals surface area contributed by atoms with Crippen molar-refractivity contribution in [3.63, 3.8) is 0 Å². The van der Waals surface area contributed by atoms with E-state index in [1.54, 1.807) is 23.9 Å². The number of halogens is 1. The van der Waals surface area contributed by atoms with Crippen molar-refractivity contribution in [1.82, 2.24) is 9.88 Å². The average molecular weight is 275 g/mol. The zero-order valence-corrected chi connectivity index (χ0v) is 10.3. The summed E-state index contributed by atoms with van der Waals surface area (Å²) in [6.45, 7) is 2.92. The van der Waals surface area contributed by atoms with Gasteiger partial charge in [-0.2, -0.15) is 0 Å². The highest BCUT2D eigenvalue weighted by Crippen LogP contribution is 1.99. The largest absolute Gasteiger partial charge is 0.383 e. The number of hydrogen-bond donors (Lipinski definition) is 1. The van der Waals surface area contributed by atoms with Crippen molar-refractivity contribution in [2.75, 3.05) is 26.8 Å². The molecular weight excluding hydrogens is 260 g/mol. The number of nitrogens with zero attached hydrogens (tertiary/aromatic N) is 1. The van der Waals surface area contributed by atoms with Crippen molar-refractivity contribution < 1.29 is 4.74 Å². The first kappa shape index (κ1) is 12.4. The third-order valence-corrected chi connectivity index (χ3v) is 2.59. The molecule has 1 N–H and O–H groups in total. The van der Waals surface area contributed by atoms with Crippen LogP contribution in [0.5, 0.6) is 0 Å². The van der Waals surface area contributed by atoms with Crippen LogP contribution in [0, 0.1) is 0 Å². The van der Waals surface area contributed by atoms with Crippen LogP contribution in [-0.2, 0) is 11.3 Å². The molecule has 1 rings (SSSR count). The predicted octanol–water partition coefficient (Wildman–Crippen LogP) is 0.847. The number of hydrogen-bond acceptors (Lipinski definition) is 3. The lowest BCUT2D eigenvalue weighted by Gasteiger charge is -2.06. The molecular formula is C10H15BrN2O2. The number of nitrogens with one attached hydrogen (secondary N) is 1. The van der Waals surface area contributed by atoms with Crippen molar-refractivity contribution in [2.24, 2.45) is 0 Å². The fourth-order valence-corrected chi connectivity index (χ4v) is 1.56. The Kier molecular flexibility index (Phi) is 5.60. The molecule has 5 heteroatoms. The molecule has 15 heavy (non-hydrogen) atoms. The molecule has 0 radical (unpaired) electrons. The molecule has 0 saturated heterocycles. The standard InChI is InChI=1S/C10H15BrN2O2/c1-15-8-5-12-4-7-13-6-2-3-9(11)10(13)14/h2-3,6,12H,4-5,7-8H2,1H3. The second-order valence-electron chi connectivity index (χ2n) is 3.10. The van der Waals surface area contributed by atoms with E-state index in [0.717, 1.165) is 13.1 Å². The van der Waals surface area contributed by atoms with Crippen LogP contribution in [0.15, 0.2) is 27.6 Å². The Labute approximate surface area is 97.4 Å². The zero-order valence-electron chi connectivity index (χ0n) is 8.70. The topological polar surface area (TPSA) is 43.3 Å². The normalized spacial score (nSPS) is 10.5. The molecule has 1 aromatic heterocycles. The Balaban J connectivity index is 2.38. The van der Waals surface area contributed by atoms with E-state index in [1.807, 2.05) is 6.07 Å². The number of pyridine rings is 1. The van der Waals surface area contributed by atoms with Gasteiger partial charge in [-0.15, -0.1) is 0 Å². The fraction of sp³-hybridized carbons (Fsp3) is 0.500. The van der Waals surface area contributed by atoms with E-state index in [0.29, 0.717) is 17.6 Å². The van der Waals surface area contributed by atoms with Gasteiger partial charge < -0.3 is 14.6 Å². The zero-order chi connectivity index (χ0) is 11.1. The molecule has 0 aromatic carbocycles. The van der Waals surface area contributed by atoms with Crippen LogP contribution in [0.25, 0.3) is 0 Å². The Bertz CT molecular complexity index is 352. The number of ether oxygens (including phenoxy) is 1. The maximum Gasteiger partial charge on any atom is 0.264 e. The summed E-state index contributed by atoms with van der Waals surface area (Å²) >= 11 is 3.21. The van der Waals surface area contributed by atoms with Crippen LogP contribution in [0.1, 0.15) is 0 Å². The minimum Gasteiger partial charge on any atom is -0.383 e. The van der Waals surface area contributed by atoms with Crippen molar-refractivity contribution in [3.8, 4) is 0 Å². The Hall–Kier alpha value is -0.650. The fourth-order valence-electron chi connectivity index (χ4n) is 1.18. The molecule has 84 valence electrons. The van der Waals surface area contributed by atoms with Crippen LogP contribution in [0.3, 0.4) is 0 Å². The first-order valence-corrected chi connectivity index (χ1v) is 5.59. The third-order valence-electron chi connectivity index (χ3n) is 1.99. The summed E-state index contributed by atoms with van der Waals surface area (Å²) in [5.41, 5.74) is 0.00559. The first-order chi connectivity index (χ1) is 7.25. The average Bonchev–Trinajstić information content (AvgIpc) is 2.24. The molecule has 0 spiro atoms. The second kappa shape index (κ2) is 6.76. The summed E-state index contributed by atoms with van der Waals surface area (Å²) < 4.78 is 7.17. The molecule has 1 aromatic rings. The van der Waals surface area contributed by atoms with Crippen molar-refractivity contribution in [2.45, 2.75) is 6.54 Å². The SMILES string of the molecule is COCCNCCn1cccc(Br)c1=O. The first-order valence-electron chi connectivity index (χ1n) is 4.80. The van der Waals surface area contributed by atoms with E-state index in [9.17, 15) is 4.79 Å². The van der Waals surface area contributed by atoms with Gasteiger partial charge in [-0.25, -0.2) is 0 Å². The molecule has 0 aliphatic heterocycles. The van der Waals surface area contributed by atoms with Gasteiger partial charge in [-0.1, -0.05) is 0 Å². The summed E-state index contributed by atoms with van der Waals surface area (Å²) in [7, 11) is 1.67. The minimum absolute atomic E-state index is 0.00559. The molecule has 0 atom stereocenters. The van der Waals surface area contributed by atoms with Crippen LogP contribution in [0.4, 0.5) is 0 Å². The molecule has 1 heterocycles. The number of methoxy groups -OCH3 is 1. The van der Waals surface area contributed by atoms with E-state index in [4.69, 9.17) is 4.74 Å². The van der Waals surface area contributed by atoms with Crippen molar-refractivity contribution in [1.29, 1.82) is 0 Å². The van der Waals surface area contributed by atoms with Crippen molar-refractivity contribution in [3.05, 3.63) is 33.2 Å². The predicted molar refractivity (Wildman–Crippen MR) is 63.1 cm³/mol. The maximum atomic E-state index is 11.6. The van der Waals surface area contributed by atoms with Crippen LogP contribution in [-0.4, -0.2) is 31.4 Å².